The van der Waals surface area contributed by atoms with Gasteiger partial charge in [0.25, 0.3) is 0 Å². The van der Waals surface area contributed by atoms with Gasteiger partial charge in [0.15, 0.2) is 0 Å². The maximum Gasteiger partial charge on any atom is 0.206 e. The Bertz CT molecular complexity index is 2080. The minimum atomic E-state index is -4.01. The van der Waals surface area contributed by atoms with E-state index in [2.05, 4.69) is 0 Å². The Morgan fingerprint density at radius 3 is 0.896 bits per heavy atom. The molecule has 0 spiro atoms. The van der Waals surface area contributed by atoms with Gasteiger partial charge in [-0.25, -0.2) is 16.8 Å². The molecule has 0 atom stereocenters. The predicted molar refractivity (Wildman–Crippen MR) is 186 cm³/mol. The molecular weight excluding hydrogens is 645 g/mol. The van der Waals surface area contributed by atoms with Crippen LogP contribution in [0.3, 0.4) is 0 Å². The molecule has 0 aromatic heterocycles. The number of nitrogens with zero attached hydrogens (tertiary/aromatic N) is 2. The van der Waals surface area contributed by atoms with Crippen LogP contribution in [-0.2, 0) is 19.7 Å². The molecule has 6 aromatic carbocycles. The van der Waals surface area contributed by atoms with E-state index in [-0.39, 0.29) is 19.6 Å². The number of hydrogen-bond acceptors (Lipinski definition) is 8. The van der Waals surface area contributed by atoms with Gasteiger partial charge in [0.2, 0.25) is 19.7 Å². The van der Waals surface area contributed by atoms with Crippen molar-refractivity contribution in [3.63, 3.8) is 0 Å². The highest BCUT2D eigenvalue weighted by molar-refractivity contribution is 7.91. The van der Waals surface area contributed by atoms with E-state index in [1.165, 1.54) is 0 Å². The molecule has 7 rings (SSSR count). The summed E-state index contributed by atoms with van der Waals surface area (Å²) in [7, 11) is -4.86. The number of benzene rings is 6. The van der Waals surface area contributed by atoms with Crippen molar-refractivity contribution in [1.82, 2.24) is 0 Å². The smallest absolute Gasteiger partial charge is 0.206 e. The molecule has 1 aliphatic rings. The molecule has 0 fully saturated rings. The van der Waals surface area contributed by atoms with Crippen LogP contribution in [0, 0.1) is 0 Å². The van der Waals surface area contributed by atoms with Gasteiger partial charge in [-0.2, -0.15) is 0 Å². The van der Waals surface area contributed by atoms with Crippen molar-refractivity contribution in [2.45, 2.75) is 19.6 Å². The highest BCUT2D eigenvalue weighted by Crippen LogP contribution is 2.41. The first-order valence-electron chi connectivity index (χ1n) is 15.0. The van der Waals surface area contributed by atoms with Crippen molar-refractivity contribution >= 4 is 53.8 Å². The average molecular weight is 675 g/mol. The monoisotopic (exact) mass is 674 g/mol. The molecule has 0 saturated carbocycles. The minimum Gasteiger partial charge on any atom is -0.497 e. The van der Waals surface area contributed by atoms with E-state index < -0.39 is 19.7 Å². The second-order valence-electron chi connectivity index (χ2n) is 11.1. The van der Waals surface area contributed by atoms with Gasteiger partial charge in [0.05, 0.1) is 33.8 Å². The van der Waals surface area contributed by atoms with Gasteiger partial charge in [0.1, 0.15) is 11.5 Å². The summed E-state index contributed by atoms with van der Waals surface area (Å²) in [5.41, 5.74) is 3.48. The Kier molecular flexibility index (Phi) is 7.90. The quantitative estimate of drug-likeness (QED) is 0.183. The van der Waals surface area contributed by atoms with Crippen molar-refractivity contribution in [2.24, 2.45) is 0 Å². The third-order valence-electron chi connectivity index (χ3n) is 8.21. The van der Waals surface area contributed by atoms with Crippen LogP contribution in [-0.4, -0.2) is 31.1 Å². The Morgan fingerprint density at radius 1 is 0.375 bits per heavy atom. The van der Waals surface area contributed by atoms with E-state index in [1.54, 1.807) is 136 Å². The second-order valence-corrected chi connectivity index (χ2v) is 15.0. The first kappa shape index (κ1) is 31.0. The minimum absolute atomic E-state index is 0.0875. The van der Waals surface area contributed by atoms with Crippen LogP contribution >= 0.6 is 0 Å². The Labute approximate surface area is 279 Å². The van der Waals surface area contributed by atoms with Crippen molar-refractivity contribution in [1.29, 1.82) is 0 Å². The summed E-state index contributed by atoms with van der Waals surface area (Å²) in [5.74, 6) is 1.29. The standard InChI is InChI=1S/C38H30N2O6S2/c1-45-33-19-15-27(16-20-33)39-29-7-3-11-35(23-29)47(41,42)37-13-5-9-31(25-37)40(28-17-21-34(46-2)22-18-28)32-10-6-14-38(26-32)48(43,44)36-12-4-8-30(39)24-36/h3-26H,1-2H3. The molecule has 1 heterocycles. The van der Waals surface area contributed by atoms with Crippen molar-refractivity contribution in [3.8, 4) is 11.5 Å². The van der Waals surface area contributed by atoms with E-state index >= 15 is 0 Å². The molecular formula is C38H30N2O6S2. The van der Waals surface area contributed by atoms with Crippen LogP contribution in [0.15, 0.2) is 165 Å². The second kappa shape index (κ2) is 12.2. The lowest BCUT2D eigenvalue weighted by Gasteiger charge is -2.28. The van der Waals surface area contributed by atoms with Gasteiger partial charge in [0, 0.05) is 34.1 Å². The van der Waals surface area contributed by atoms with Gasteiger partial charge in [-0.05, 0) is 121 Å². The number of fused-ring (bicyclic) bond motifs is 8. The number of anilines is 6. The van der Waals surface area contributed by atoms with E-state index in [4.69, 9.17) is 9.47 Å². The third-order valence-corrected chi connectivity index (χ3v) is 11.7. The molecule has 0 saturated heterocycles. The number of ether oxygens (including phenoxy) is 2. The first-order valence-corrected chi connectivity index (χ1v) is 17.9. The highest BCUT2D eigenvalue weighted by Gasteiger charge is 2.26. The fourth-order valence-corrected chi connectivity index (χ4v) is 8.47. The fraction of sp³-hybridized carbons (Fsp3) is 0.0526. The topological polar surface area (TPSA) is 93.2 Å². The van der Waals surface area contributed by atoms with E-state index in [0.29, 0.717) is 45.6 Å². The maximum atomic E-state index is 14.3. The zero-order valence-electron chi connectivity index (χ0n) is 26.0. The van der Waals surface area contributed by atoms with Gasteiger partial charge in [-0.15, -0.1) is 0 Å². The van der Waals surface area contributed by atoms with Crippen LogP contribution in [0.25, 0.3) is 0 Å². The lowest BCUT2D eigenvalue weighted by atomic mass is 10.2. The van der Waals surface area contributed by atoms with Gasteiger partial charge in [-0.3, -0.25) is 0 Å². The van der Waals surface area contributed by atoms with Gasteiger partial charge in [-0.1, -0.05) is 24.3 Å². The molecule has 1 aliphatic heterocycles. The van der Waals surface area contributed by atoms with Crippen molar-refractivity contribution in [2.75, 3.05) is 24.0 Å². The van der Waals surface area contributed by atoms with Crippen molar-refractivity contribution in [3.05, 3.63) is 146 Å². The molecule has 0 aliphatic carbocycles. The Morgan fingerprint density at radius 2 is 0.646 bits per heavy atom. The molecule has 6 aromatic rings. The zero-order chi connectivity index (χ0) is 33.5. The average Bonchev–Trinajstić information content (AvgIpc) is 3.13. The van der Waals surface area contributed by atoms with Crippen LogP contribution in [0.4, 0.5) is 34.1 Å². The van der Waals surface area contributed by atoms with Crippen LogP contribution < -0.4 is 19.3 Å². The summed E-state index contributed by atoms with van der Waals surface area (Å²) < 4.78 is 67.9. The molecule has 240 valence electrons. The summed E-state index contributed by atoms with van der Waals surface area (Å²) >= 11 is 0. The molecule has 48 heavy (non-hydrogen) atoms. The Hall–Kier alpha value is -5.58. The largest absolute Gasteiger partial charge is 0.497 e. The maximum absolute atomic E-state index is 14.3. The number of rotatable bonds is 4. The summed E-state index contributed by atoms with van der Waals surface area (Å²) in [5, 5.41) is 0. The van der Waals surface area contributed by atoms with Gasteiger partial charge < -0.3 is 19.3 Å². The van der Waals surface area contributed by atoms with E-state index in [1.807, 2.05) is 34.1 Å². The predicted octanol–water partition coefficient (Wildman–Crippen LogP) is 8.62. The molecule has 0 amide bonds. The normalized spacial score (nSPS) is 14.6. The highest BCUT2D eigenvalue weighted by atomic mass is 32.2. The third kappa shape index (κ3) is 5.55. The Balaban J connectivity index is 1.52. The summed E-state index contributed by atoms with van der Waals surface area (Å²) in [6, 6.07) is 41.0. The van der Waals surface area contributed by atoms with Crippen molar-refractivity contribution < 1.29 is 26.3 Å². The first-order chi connectivity index (χ1) is 23.2. The summed E-state index contributed by atoms with van der Waals surface area (Å²) in [6.07, 6.45) is 0. The van der Waals surface area contributed by atoms with E-state index in [0.717, 1.165) is 0 Å². The molecule has 10 heteroatoms. The van der Waals surface area contributed by atoms with Gasteiger partial charge >= 0.3 is 0 Å². The summed E-state index contributed by atoms with van der Waals surface area (Å²) in [4.78, 5) is 3.99. The number of methoxy groups -OCH3 is 2. The van der Waals surface area contributed by atoms with Crippen LogP contribution in [0.1, 0.15) is 0 Å². The molecule has 8 nitrogen and oxygen atoms in total. The molecule has 8 bridgehead atoms. The number of sulfone groups is 2. The lowest BCUT2D eigenvalue weighted by molar-refractivity contribution is 0.414. The molecule has 0 N–H and O–H groups in total. The SMILES string of the molecule is COc1ccc(N2c3cccc(c3)S(=O)(=O)c3cccc(c3)N(c3ccc(OC)cc3)c3cccc(c3)S(=O)(=O)c3cccc2c3)cc1. The lowest BCUT2D eigenvalue weighted by Crippen LogP contribution is -2.14. The van der Waals surface area contributed by atoms with Crippen LogP contribution in [0.2, 0.25) is 0 Å². The van der Waals surface area contributed by atoms with Crippen LogP contribution in [0.5, 0.6) is 11.5 Å². The molecule has 0 radical (unpaired) electrons. The summed E-state index contributed by atoms with van der Waals surface area (Å²) in [6.45, 7) is 0. The number of hydrogen-bond donors (Lipinski definition) is 0. The zero-order valence-corrected chi connectivity index (χ0v) is 27.6. The molecule has 0 unspecified atom stereocenters. The fourth-order valence-electron chi connectivity index (χ4n) is 5.79. The van der Waals surface area contributed by atoms with E-state index in [9.17, 15) is 16.8 Å².